The van der Waals surface area contributed by atoms with Crippen LogP contribution in [0.25, 0.3) is 0 Å². The van der Waals surface area contributed by atoms with Crippen molar-refractivity contribution >= 4 is 10.8 Å². The van der Waals surface area contributed by atoms with Crippen molar-refractivity contribution in [3.05, 3.63) is 29.8 Å². The maximum atomic E-state index is 11.4. The predicted octanol–water partition coefficient (Wildman–Crippen LogP) is 3.14. The van der Waals surface area contributed by atoms with E-state index >= 15 is 0 Å². The average Bonchev–Trinajstić information content (AvgIpc) is 2.45. The summed E-state index contributed by atoms with van der Waals surface area (Å²) in [6, 6.07) is 8.47. The van der Waals surface area contributed by atoms with Gasteiger partial charge in [-0.2, -0.15) is 0 Å². The van der Waals surface area contributed by atoms with Gasteiger partial charge in [0, 0.05) is 34.9 Å². The van der Waals surface area contributed by atoms with E-state index in [2.05, 4.69) is 38.2 Å². The van der Waals surface area contributed by atoms with Gasteiger partial charge < -0.3 is 10.1 Å². The molecule has 1 N–H and O–H groups in total. The van der Waals surface area contributed by atoms with Crippen LogP contribution in [0.3, 0.4) is 0 Å². The second-order valence-corrected chi connectivity index (χ2v) is 7.25. The van der Waals surface area contributed by atoms with E-state index in [1.54, 1.807) is 0 Å². The topological polar surface area (TPSA) is 38.3 Å². The van der Waals surface area contributed by atoms with E-state index in [4.69, 9.17) is 4.74 Å². The molecule has 1 aromatic carbocycles. The lowest BCUT2D eigenvalue weighted by atomic mass is 10.1. The molecule has 0 fully saturated rings. The van der Waals surface area contributed by atoms with Crippen LogP contribution in [-0.2, 0) is 10.8 Å². The molecule has 2 unspecified atom stereocenters. The third-order valence-electron chi connectivity index (χ3n) is 3.07. The molecule has 3 nitrogen and oxygen atoms in total. The summed E-state index contributed by atoms with van der Waals surface area (Å²) in [5.41, 5.74) is 1.23. The highest BCUT2D eigenvalue weighted by atomic mass is 32.2. The molecule has 0 saturated heterocycles. The number of nitrogens with one attached hydrogen (secondary N) is 1. The van der Waals surface area contributed by atoms with Crippen molar-refractivity contribution in [2.24, 2.45) is 5.92 Å². The van der Waals surface area contributed by atoms with Gasteiger partial charge in [0.2, 0.25) is 0 Å². The number of hydrogen-bond donors (Lipinski definition) is 1. The van der Waals surface area contributed by atoms with E-state index in [0.717, 1.165) is 30.4 Å². The molecule has 0 saturated carbocycles. The molecule has 0 aromatic heterocycles. The fraction of sp³-hybridized carbons (Fsp3) is 0.625. The Morgan fingerprint density at radius 1 is 1.20 bits per heavy atom. The summed E-state index contributed by atoms with van der Waals surface area (Å²) >= 11 is 0. The Bertz CT molecular complexity index is 403. The van der Waals surface area contributed by atoms with E-state index in [1.165, 1.54) is 5.56 Å². The molecule has 0 spiro atoms. The molecule has 4 heteroatoms. The van der Waals surface area contributed by atoms with Gasteiger partial charge in [-0.25, -0.2) is 0 Å². The van der Waals surface area contributed by atoms with Gasteiger partial charge in [-0.15, -0.1) is 0 Å². The van der Waals surface area contributed by atoms with Crippen LogP contribution in [0.5, 0.6) is 5.75 Å². The zero-order chi connectivity index (χ0) is 15.0. The molecule has 0 bridgehead atoms. The second kappa shape index (κ2) is 9.14. The maximum Gasteiger partial charge on any atom is 0.119 e. The number of rotatable bonds is 9. The Balaban J connectivity index is 2.40. The molecular weight excluding hydrogens is 270 g/mol. The van der Waals surface area contributed by atoms with Crippen molar-refractivity contribution in [1.82, 2.24) is 5.32 Å². The average molecular weight is 297 g/mol. The van der Waals surface area contributed by atoms with Gasteiger partial charge in [0.15, 0.2) is 0 Å². The molecule has 20 heavy (non-hydrogen) atoms. The second-order valence-electron chi connectivity index (χ2n) is 5.38. The summed E-state index contributed by atoms with van der Waals surface area (Å²) in [4.78, 5) is 0. The van der Waals surface area contributed by atoms with Crippen LogP contribution < -0.4 is 10.1 Å². The molecule has 0 aliphatic heterocycles. The molecular formula is C16H27NO2S. The summed E-state index contributed by atoms with van der Waals surface area (Å²) in [5.74, 6) is 2.91. The quantitative estimate of drug-likeness (QED) is 0.761. The molecule has 0 heterocycles. The minimum Gasteiger partial charge on any atom is -0.493 e. The summed E-state index contributed by atoms with van der Waals surface area (Å²) < 4.78 is 17.0. The van der Waals surface area contributed by atoms with E-state index in [0.29, 0.717) is 5.92 Å². The summed E-state index contributed by atoms with van der Waals surface area (Å²) in [6.45, 7) is 9.89. The molecule has 1 aromatic rings. The highest BCUT2D eigenvalue weighted by molar-refractivity contribution is 7.84. The molecule has 0 aliphatic rings. The largest absolute Gasteiger partial charge is 0.493 e. The van der Waals surface area contributed by atoms with Crippen molar-refractivity contribution in [1.29, 1.82) is 0 Å². The van der Waals surface area contributed by atoms with Crippen molar-refractivity contribution < 1.29 is 8.95 Å². The lowest BCUT2D eigenvalue weighted by Crippen LogP contribution is -2.24. The highest BCUT2D eigenvalue weighted by Gasteiger charge is 2.06. The standard InChI is InChI=1S/C16H27NO2S/c1-5-20(18)11-10-17-14(4)15-6-8-16(9-7-15)19-12-13(2)3/h6-9,13-14,17H,5,10-12H2,1-4H3. The first-order valence-corrected chi connectivity index (χ1v) is 8.82. The third kappa shape index (κ3) is 6.53. The van der Waals surface area contributed by atoms with Crippen LogP contribution in [0.4, 0.5) is 0 Å². The van der Waals surface area contributed by atoms with E-state index in [9.17, 15) is 4.21 Å². The molecule has 0 amide bonds. The van der Waals surface area contributed by atoms with Crippen molar-refractivity contribution in [2.45, 2.75) is 33.7 Å². The normalized spacial score (nSPS) is 14.2. The van der Waals surface area contributed by atoms with Crippen LogP contribution in [0.2, 0.25) is 0 Å². The SMILES string of the molecule is CCS(=O)CCNC(C)c1ccc(OCC(C)C)cc1. The van der Waals surface area contributed by atoms with Gasteiger partial charge in [0.05, 0.1) is 6.61 Å². The molecule has 1 rings (SSSR count). The van der Waals surface area contributed by atoms with Gasteiger partial charge in [0.1, 0.15) is 5.75 Å². The Labute approximate surface area is 125 Å². The van der Waals surface area contributed by atoms with Gasteiger partial charge in [-0.3, -0.25) is 4.21 Å². The minimum atomic E-state index is -0.693. The Hall–Kier alpha value is -0.870. The Morgan fingerprint density at radius 2 is 1.85 bits per heavy atom. The fourth-order valence-corrected chi connectivity index (χ4v) is 2.40. The van der Waals surface area contributed by atoms with Crippen molar-refractivity contribution in [3.8, 4) is 5.75 Å². The van der Waals surface area contributed by atoms with Crippen molar-refractivity contribution in [3.63, 3.8) is 0 Å². The number of benzene rings is 1. The molecule has 114 valence electrons. The molecule has 0 radical (unpaired) electrons. The third-order valence-corrected chi connectivity index (χ3v) is 4.37. The first-order chi connectivity index (χ1) is 9.52. The lowest BCUT2D eigenvalue weighted by molar-refractivity contribution is 0.271. The van der Waals surface area contributed by atoms with Crippen LogP contribution in [0.15, 0.2) is 24.3 Å². The minimum absolute atomic E-state index is 0.267. The van der Waals surface area contributed by atoms with Crippen LogP contribution >= 0.6 is 0 Å². The summed E-state index contributed by atoms with van der Waals surface area (Å²) in [7, 11) is -0.693. The molecule has 0 aliphatic carbocycles. The fourth-order valence-electron chi connectivity index (χ4n) is 1.77. The van der Waals surface area contributed by atoms with E-state index < -0.39 is 10.8 Å². The zero-order valence-electron chi connectivity index (χ0n) is 13.0. The van der Waals surface area contributed by atoms with Crippen LogP contribution in [-0.4, -0.2) is 28.9 Å². The monoisotopic (exact) mass is 297 g/mol. The van der Waals surface area contributed by atoms with Gasteiger partial charge in [-0.05, 0) is 30.5 Å². The van der Waals surface area contributed by atoms with Crippen LogP contribution in [0.1, 0.15) is 39.3 Å². The summed E-state index contributed by atoms with van der Waals surface area (Å²) in [6.07, 6.45) is 0. The van der Waals surface area contributed by atoms with E-state index in [1.807, 2.05) is 19.1 Å². The predicted molar refractivity (Wildman–Crippen MR) is 86.7 cm³/mol. The summed E-state index contributed by atoms with van der Waals surface area (Å²) in [5, 5.41) is 3.40. The zero-order valence-corrected chi connectivity index (χ0v) is 13.8. The first kappa shape index (κ1) is 17.2. The number of hydrogen-bond acceptors (Lipinski definition) is 3. The maximum absolute atomic E-state index is 11.4. The smallest absolute Gasteiger partial charge is 0.119 e. The Kier molecular flexibility index (Phi) is 7.85. The molecule has 2 atom stereocenters. The van der Waals surface area contributed by atoms with Gasteiger partial charge >= 0.3 is 0 Å². The van der Waals surface area contributed by atoms with Gasteiger partial charge in [-0.1, -0.05) is 32.9 Å². The Morgan fingerprint density at radius 3 is 2.40 bits per heavy atom. The van der Waals surface area contributed by atoms with E-state index in [-0.39, 0.29) is 6.04 Å². The highest BCUT2D eigenvalue weighted by Crippen LogP contribution is 2.18. The van der Waals surface area contributed by atoms with Crippen molar-refractivity contribution in [2.75, 3.05) is 24.7 Å². The number of ether oxygens (including phenoxy) is 1. The van der Waals surface area contributed by atoms with Gasteiger partial charge in [0.25, 0.3) is 0 Å². The first-order valence-electron chi connectivity index (χ1n) is 7.34. The van der Waals surface area contributed by atoms with Crippen LogP contribution in [0, 0.1) is 5.92 Å². The lowest BCUT2D eigenvalue weighted by Gasteiger charge is -2.15.